The number of fused-ring (bicyclic) bond motifs is 2. The van der Waals surface area contributed by atoms with E-state index in [1.54, 1.807) is 0 Å². The smallest absolute Gasteiger partial charge is 0.0580 e. The Morgan fingerprint density at radius 2 is 1.92 bits per heavy atom. The first-order valence-electron chi connectivity index (χ1n) is 10.1. The van der Waals surface area contributed by atoms with Gasteiger partial charge in [-0.1, -0.05) is 56.3 Å². The van der Waals surface area contributed by atoms with Crippen LogP contribution in [0.1, 0.15) is 49.3 Å². The van der Waals surface area contributed by atoms with Gasteiger partial charge in [-0.2, -0.15) is 0 Å². The van der Waals surface area contributed by atoms with Crippen LogP contribution in [0, 0.1) is 12.8 Å². The van der Waals surface area contributed by atoms with Crippen molar-refractivity contribution in [3.63, 3.8) is 0 Å². The molecule has 0 spiro atoms. The van der Waals surface area contributed by atoms with E-state index in [-0.39, 0.29) is 0 Å². The van der Waals surface area contributed by atoms with Crippen molar-refractivity contribution in [1.29, 1.82) is 0 Å². The maximum atomic E-state index is 4.09. The largest absolute Gasteiger partial charge is 0.383 e. The molecule has 3 aliphatic rings. The van der Waals surface area contributed by atoms with Gasteiger partial charge in [0.1, 0.15) is 0 Å². The van der Waals surface area contributed by atoms with Crippen molar-refractivity contribution in [1.82, 2.24) is 10.6 Å². The third kappa shape index (κ3) is 3.57. The van der Waals surface area contributed by atoms with Gasteiger partial charge in [0.15, 0.2) is 0 Å². The molecule has 4 rings (SSSR count). The number of nitrogens with one attached hydrogen (secondary N) is 2. The molecule has 0 aromatic heterocycles. The molecule has 2 atom stereocenters. The third-order valence-corrected chi connectivity index (χ3v) is 5.69. The van der Waals surface area contributed by atoms with E-state index in [4.69, 9.17) is 0 Å². The minimum absolute atomic E-state index is 0.358. The standard InChI is InChI=1S/C22H26N2.C2H6/c1-3-16-14-18-5-4-10-24-22(18)21(17-8-11-23-12-9-17)19-7-6-15(2)13-20(16)19;1-2/h3-7,10,13-14,17,21-24H,1,8-9,11-12H2,2H3;1-2H3. The highest BCUT2D eigenvalue weighted by Crippen LogP contribution is 2.43. The number of hydrogen-bond acceptors (Lipinski definition) is 2. The molecule has 2 aliphatic heterocycles. The molecule has 2 unspecified atom stereocenters. The van der Waals surface area contributed by atoms with Gasteiger partial charge < -0.3 is 10.6 Å². The summed E-state index contributed by atoms with van der Waals surface area (Å²) >= 11 is 0. The third-order valence-electron chi connectivity index (χ3n) is 5.69. The summed E-state index contributed by atoms with van der Waals surface area (Å²) in [6, 6.07) is 7.32. The van der Waals surface area contributed by atoms with Crippen LogP contribution in [-0.4, -0.2) is 19.1 Å². The van der Waals surface area contributed by atoms with Crippen molar-refractivity contribution in [3.8, 4) is 0 Å². The normalized spacial score (nSPS) is 24.6. The minimum Gasteiger partial charge on any atom is -0.383 e. The first-order chi connectivity index (χ1) is 12.8. The second-order valence-corrected chi connectivity index (χ2v) is 7.18. The summed E-state index contributed by atoms with van der Waals surface area (Å²) in [5.41, 5.74) is 6.79. The lowest BCUT2D eigenvalue weighted by atomic mass is 9.73. The zero-order valence-corrected chi connectivity index (χ0v) is 16.4. The number of allylic oxidation sites excluding steroid dienone is 4. The monoisotopic (exact) mass is 348 g/mol. The molecule has 2 nitrogen and oxygen atoms in total. The minimum atomic E-state index is 0.358. The summed E-state index contributed by atoms with van der Waals surface area (Å²) in [5.74, 6) is 1.21. The van der Waals surface area contributed by atoms with Crippen LogP contribution in [0.5, 0.6) is 0 Å². The number of piperidine rings is 1. The van der Waals surface area contributed by atoms with Gasteiger partial charge >= 0.3 is 0 Å². The summed E-state index contributed by atoms with van der Waals surface area (Å²) in [7, 11) is 0. The Balaban J connectivity index is 0.000000948. The zero-order chi connectivity index (χ0) is 18.5. The van der Waals surface area contributed by atoms with Gasteiger partial charge in [-0.25, -0.2) is 0 Å². The quantitative estimate of drug-likeness (QED) is 0.777. The Bertz CT molecular complexity index is 733. The van der Waals surface area contributed by atoms with E-state index >= 15 is 0 Å². The molecule has 2 heterocycles. The molecule has 138 valence electrons. The lowest BCUT2D eigenvalue weighted by molar-refractivity contribution is 0.290. The summed E-state index contributed by atoms with van der Waals surface area (Å²) in [5, 5.41) is 7.18. The molecular weight excluding hydrogens is 316 g/mol. The molecular formula is C24H32N2. The van der Waals surface area contributed by atoms with Crippen molar-refractivity contribution in [2.24, 2.45) is 5.92 Å². The molecule has 1 aromatic carbocycles. The second kappa shape index (κ2) is 8.55. The Morgan fingerprint density at radius 1 is 1.15 bits per heavy atom. The van der Waals surface area contributed by atoms with Crippen LogP contribution in [-0.2, 0) is 0 Å². The van der Waals surface area contributed by atoms with Crippen LogP contribution in [0.3, 0.4) is 0 Å². The summed E-state index contributed by atoms with van der Waals surface area (Å²) in [6.07, 6.45) is 13.3. The van der Waals surface area contributed by atoms with E-state index < -0.39 is 0 Å². The molecule has 1 aliphatic carbocycles. The second-order valence-electron chi connectivity index (χ2n) is 7.18. The Morgan fingerprint density at radius 3 is 2.65 bits per heavy atom. The van der Waals surface area contributed by atoms with Crippen molar-refractivity contribution >= 4 is 5.57 Å². The molecule has 0 amide bonds. The highest BCUT2D eigenvalue weighted by Gasteiger charge is 2.36. The van der Waals surface area contributed by atoms with Gasteiger partial charge in [0.25, 0.3) is 0 Å². The SMILES string of the molecule is C=CC1=CC2=CC=CNC2C(C2CCNCC2)c2ccc(C)cc21.CC. The Labute approximate surface area is 158 Å². The van der Waals surface area contributed by atoms with E-state index in [0.29, 0.717) is 17.9 Å². The lowest BCUT2D eigenvalue weighted by Gasteiger charge is -2.38. The maximum absolute atomic E-state index is 4.09. The van der Waals surface area contributed by atoms with E-state index in [1.165, 1.54) is 40.7 Å². The fraction of sp³-hybridized carbons (Fsp3) is 0.417. The van der Waals surface area contributed by atoms with Crippen LogP contribution in [0.2, 0.25) is 0 Å². The number of hydrogen-bond donors (Lipinski definition) is 2. The fourth-order valence-corrected chi connectivity index (χ4v) is 4.51. The Hall–Kier alpha value is -2.06. The summed E-state index contributed by atoms with van der Waals surface area (Å²) in [6.45, 7) is 12.5. The van der Waals surface area contributed by atoms with Gasteiger partial charge in [0.2, 0.25) is 0 Å². The molecule has 2 heteroatoms. The number of rotatable bonds is 2. The molecule has 26 heavy (non-hydrogen) atoms. The van der Waals surface area contributed by atoms with E-state index in [2.05, 4.69) is 66.8 Å². The van der Waals surface area contributed by atoms with Crippen LogP contribution in [0.25, 0.3) is 5.57 Å². The fourth-order valence-electron chi connectivity index (χ4n) is 4.51. The first-order valence-corrected chi connectivity index (χ1v) is 10.1. The Kier molecular flexibility index (Phi) is 6.16. The van der Waals surface area contributed by atoms with E-state index in [9.17, 15) is 0 Å². The number of dihydropyridines is 1. The van der Waals surface area contributed by atoms with Gasteiger partial charge in [-0.3, -0.25) is 0 Å². The first kappa shape index (κ1) is 18.7. The maximum Gasteiger partial charge on any atom is 0.0580 e. The molecule has 1 saturated heterocycles. The van der Waals surface area contributed by atoms with Crippen molar-refractivity contribution in [2.75, 3.05) is 13.1 Å². The average Bonchev–Trinajstić information content (AvgIpc) is 2.84. The molecule has 0 bridgehead atoms. The predicted octanol–water partition coefficient (Wildman–Crippen LogP) is 5.10. The van der Waals surface area contributed by atoms with Crippen LogP contribution < -0.4 is 10.6 Å². The van der Waals surface area contributed by atoms with Crippen LogP contribution in [0.15, 0.2) is 60.9 Å². The zero-order valence-electron chi connectivity index (χ0n) is 16.4. The summed E-state index contributed by atoms with van der Waals surface area (Å²) < 4.78 is 0. The van der Waals surface area contributed by atoms with Crippen molar-refractivity contribution in [3.05, 3.63) is 77.5 Å². The molecule has 0 saturated carbocycles. The van der Waals surface area contributed by atoms with E-state index in [1.807, 2.05) is 19.9 Å². The molecule has 2 N–H and O–H groups in total. The number of aryl methyl sites for hydroxylation is 1. The van der Waals surface area contributed by atoms with Gasteiger partial charge in [-0.05, 0) is 79.4 Å². The molecule has 1 fully saturated rings. The average molecular weight is 349 g/mol. The molecule has 1 aromatic rings. The number of benzene rings is 1. The lowest BCUT2D eigenvalue weighted by Crippen LogP contribution is -2.41. The topological polar surface area (TPSA) is 24.1 Å². The summed E-state index contributed by atoms with van der Waals surface area (Å²) in [4.78, 5) is 0. The van der Waals surface area contributed by atoms with Crippen molar-refractivity contribution < 1.29 is 0 Å². The van der Waals surface area contributed by atoms with Gasteiger partial charge in [0, 0.05) is 5.92 Å². The predicted molar refractivity (Wildman–Crippen MR) is 113 cm³/mol. The van der Waals surface area contributed by atoms with Crippen LogP contribution in [0.4, 0.5) is 0 Å². The highest BCUT2D eigenvalue weighted by molar-refractivity contribution is 5.80. The van der Waals surface area contributed by atoms with Crippen LogP contribution >= 0.6 is 0 Å². The van der Waals surface area contributed by atoms with Gasteiger partial charge in [0.05, 0.1) is 6.04 Å². The van der Waals surface area contributed by atoms with Gasteiger partial charge in [-0.15, -0.1) is 0 Å². The highest BCUT2D eigenvalue weighted by atomic mass is 14.9. The van der Waals surface area contributed by atoms with Crippen molar-refractivity contribution in [2.45, 2.75) is 45.6 Å². The van der Waals surface area contributed by atoms with E-state index in [0.717, 1.165) is 13.1 Å². The molecule has 0 radical (unpaired) electrons.